The summed E-state index contributed by atoms with van der Waals surface area (Å²) in [4.78, 5) is 22.8. The highest BCUT2D eigenvalue weighted by Gasteiger charge is 2.15. The van der Waals surface area contributed by atoms with Gasteiger partial charge in [-0.3, -0.25) is 14.9 Å². The molecule has 0 aliphatic rings. The Hall–Kier alpha value is -4.15. The van der Waals surface area contributed by atoms with Crippen LogP contribution in [-0.2, 0) is 11.4 Å². The minimum absolute atomic E-state index is 0.0481. The molecule has 1 amide bonds. The van der Waals surface area contributed by atoms with Gasteiger partial charge in [0, 0.05) is 12.1 Å². The Labute approximate surface area is 189 Å². The molecule has 0 aromatic heterocycles. The van der Waals surface area contributed by atoms with Crippen LogP contribution < -0.4 is 10.1 Å². The first-order valence-electron chi connectivity index (χ1n) is 9.52. The Bertz CT molecular complexity index is 1230. The van der Waals surface area contributed by atoms with Crippen molar-refractivity contribution in [3.63, 3.8) is 0 Å². The molecule has 0 aliphatic heterocycles. The van der Waals surface area contributed by atoms with Crippen LogP contribution in [-0.4, -0.2) is 10.8 Å². The van der Waals surface area contributed by atoms with Crippen molar-refractivity contribution >= 4 is 35.0 Å². The van der Waals surface area contributed by atoms with Gasteiger partial charge in [0.2, 0.25) is 0 Å². The average Bonchev–Trinajstić information content (AvgIpc) is 2.79. The number of nitro groups is 1. The maximum absolute atomic E-state index is 12.5. The van der Waals surface area contributed by atoms with Crippen molar-refractivity contribution in [1.82, 2.24) is 0 Å². The molecule has 1 N–H and O–H groups in total. The predicted octanol–water partition coefficient (Wildman–Crippen LogP) is 5.68. The number of nitro benzene ring substituents is 1. The zero-order valence-electron chi connectivity index (χ0n) is 17.0. The minimum atomic E-state index is -0.727. The Kier molecular flexibility index (Phi) is 7.21. The highest BCUT2D eigenvalue weighted by molar-refractivity contribution is 6.34. The molecule has 0 bridgehead atoms. The summed E-state index contributed by atoms with van der Waals surface area (Å²) >= 11 is 6.00. The normalized spacial score (nSPS) is 10.8. The van der Waals surface area contributed by atoms with E-state index >= 15 is 0 Å². The Morgan fingerprint density at radius 3 is 2.56 bits per heavy atom. The molecule has 0 saturated heterocycles. The van der Waals surface area contributed by atoms with E-state index in [0.29, 0.717) is 17.9 Å². The number of hydrogen-bond donors (Lipinski definition) is 1. The fraction of sp³-hybridized carbons (Fsp3) is 0.0833. The standard InChI is InChI=1S/C24H18ClN3O4/c1-16-4-2-3-5-18(16)15-32-21-9-6-17(7-10-21)12-19(14-26)24(29)27-23-13-20(28(30)31)8-11-22(23)25/h2-13H,15H2,1H3,(H,27,29)/b19-12+. The van der Waals surface area contributed by atoms with E-state index in [1.807, 2.05) is 37.3 Å². The lowest BCUT2D eigenvalue weighted by molar-refractivity contribution is -0.384. The third kappa shape index (κ3) is 5.72. The number of nitrogens with one attached hydrogen (secondary N) is 1. The Morgan fingerprint density at radius 2 is 1.91 bits per heavy atom. The van der Waals surface area contributed by atoms with Gasteiger partial charge in [0.1, 0.15) is 24.0 Å². The lowest BCUT2D eigenvalue weighted by atomic mass is 10.1. The lowest BCUT2D eigenvalue weighted by Crippen LogP contribution is -2.14. The molecule has 0 spiro atoms. The molecule has 0 unspecified atom stereocenters. The van der Waals surface area contributed by atoms with Gasteiger partial charge in [0.05, 0.1) is 15.6 Å². The first-order valence-corrected chi connectivity index (χ1v) is 9.89. The van der Waals surface area contributed by atoms with Crippen LogP contribution in [0.1, 0.15) is 16.7 Å². The van der Waals surface area contributed by atoms with Gasteiger partial charge in [-0.25, -0.2) is 0 Å². The molecule has 0 fully saturated rings. The summed E-state index contributed by atoms with van der Waals surface area (Å²) in [6, 6.07) is 20.4. The third-order valence-electron chi connectivity index (χ3n) is 4.62. The third-order valence-corrected chi connectivity index (χ3v) is 4.95. The monoisotopic (exact) mass is 447 g/mol. The maximum atomic E-state index is 12.5. The number of carbonyl (C=O) groups excluding carboxylic acids is 1. The van der Waals surface area contributed by atoms with E-state index in [9.17, 15) is 20.2 Å². The Balaban J connectivity index is 1.70. The summed E-state index contributed by atoms with van der Waals surface area (Å²) in [6.45, 7) is 2.44. The van der Waals surface area contributed by atoms with Crippen molar-refractivity contribution < 1.29 is 14.5 Å². The van der Waals surface area contributed by atoms with E-state index in [4.69, 9.17) is 16.3 Å². The summed E-state index contributed by atoms with van der Waals surface area (Å²) in [5.41, 5.74) is 2.48. The molecule has 7 nitrogen and oxygen atoms in total. The summed E-state index contributed by atoms with van der Waals surface area (Å²) in [5, 5.41) is 22.9. The molecule has 0 atom stereocenters. The number of carbonyl (C=O) groups is 1. The van der Waals surface area contributed by atoms with E-state index < -0.39 is 10.8 Å². The zero-order chi connectivity index (χ0) is 23.1. The molecule has 3 rings (SSSR count). The van der Waals surface area contributed by atoms with Crippen LogP contribution in [0.5, 0.6) is 5.75 Å². The number of anilines is 1. The number of nitrogens with zero attached hydrogens (tertiary/aromatic N) is 2. The van der Waals surface area contributed by atoms with E-state index in [1.165, 1.54) is 18.2 Å². The quantitative estimate of drug-likeness (QED) is 0.217. The second-order valence-corrected chi connectivity index (χ2v) is 7.24. The number of benzene rings is 3. The van der Waals surface area contributed by atoms with Gasteiger partial charge in [0.15, 0.2) is 0 Å². The molecule has 0 aliphatic carbocycles. The number of rotatable bonds is 7. The van der Waals surface area contributed by atoms with Crippen molar-refractivity contribution in [3.05, 3.63) is 104 Å². The summed E-state index contributed by atoms with van der Waals surface area (Å²) in [7, 11) is 0. The Morgan fingerprint density at radius 1 is 1.19 bits per heavy atom. The molecule has 32 heavy (non-hydrogen) atoms. The fourth-order valence-corrected chi connectivity index (χ4v) is 2.99. The van der Waals surface area contributed by atoms with Crippen LogP contribution in [0.3, 0.4) is 0 Å². The molecule has 3 aromatic carbocycles. The highest BCUT2D eigenvalue weighted by Crippen LogP contribution is 2.27. The molecule has 3 aromatic rings. The number of hydrogen-bond acceptors (Lipinski definition) is 5. The van der Waals surface area contributed by atoms with Crippen molar-refractivity contribution in [2.45, 2.75) is 13.5 Å². The SMILES string of the molecule is Cc1ccccc1COc1ccc(/C=C(\C#N)C(=O)Nc2cc([N+](=O)[O-])ccc2Cl)cc1. The number of non-ortho nitro benzene ring substituents is 1. The van der Waals surface area contributed by atoms with Gasteiger partial charge < -0.3 is 10.1 Å². The first kappa shape index (κ1) is 22.5. The molecule has 0 radical (unpaired) electrons. The van der Waals surface area contributed by atoms with Crippen LogP contribution in [0, 0.1) is 28.4 Å². The molecular weight excluding hydrogens is 430 g/mol. The highest BCUT2D eigenvalue weighted by atomic mass is 35.5. The second-order valence-electron chi connectivity index (χ2n) is 6.83. The van der Waals surface area contributed by atoms with E-state index in [-0.39, 0.29) is 22.0 Å². The number of aryl methyl sites for hydroxylation is 1. The van der Waals surface area contributed by atoms with Crippen LogP contribution in [0.25, 0.3) is 6.08 Å². The van der Waals surface area contributed by atoms with Gasteiger partial charge in [-0.2, -0.15) is 5.26 Å². The van der Waals surface area contributed by atoms with Crippen molar-refractivity contribution in [1.29, 1.82) is 5.26 Å². The number of amides is 1. The van der Waals surface area contributed by atoms with Crippen molar-refractivity contribution in [2.75, 3.05) is 5.32 Å². The summed E-state index contributed by atoms with van der Waals surface area (Å²) < 4.78 is 5.79. The summed E-state index contributed by atoms with van der Waals surface area (Å²) in [5.74, 6) is -0.0773. The van der Waals surface area contributed by atoms with Crippen LogP contribution >= 0.6 is 11.6 Å². The molecular formula is C24H18ClN3O4. The van der Waals surface area contributed by atoms with E-state index in [0.717, 1.165) is 17.2 Å². The van der Waals surface area contributed by atoms with Gasteiger partial charge in [0.25, 0.3) is 11.6 Å². The number of nitriles is 1. The first-order chi connectivity index (χ1) is 15.4. The molecule has 160 valence electrons. The largest absolute Gasteiger partial charge is 0.489 e. The van der Waals surface area contributed by atoms with Crippen molar-refractivity contribution in [3.8, 4) is 11.8 Å². The minimum Gasteiger partial charge on any atom is -0.489 e. The topological polar surface area (TPSA) is 105 Å². The molecule has 0 heterocycles. The predicted molar refractivity (Wildman–Crippen MR) is 122 cm³/mol. The van der Waals surface area contributed by atoms with Gasteiger partial charge in [-0.15, -0.1) is 0 Å². The van der Waals surface area contributed by atoms with Crippen LogP contribution in [0.15, 0.2) is 72.3 Å². The van der Waals surface area contributed by atoms with Gasteiger partial charge in [-0.1, -0.05) is 48.0 Å². The maximum Gasteiger partial charge on any atom is 0.271 e. The summed E-state index contributed by atoms with van der Waals surface area (Å²) in [6.07, 6.45) is 1.41. The average molecular weight is 448 g/mol. The second kappa shape index (κ2) is 10.2. The fourth-order valence-electron chi connectivity index (χ4n) is 2.82. The van der Waals surface area contributed by atoms with E-state index in [2.05, 4.69) is 5.32 Å². The van der Waals surface area contributed by atoms with Crippen LogP contribution in [0.4, 0.5) is 11.4 Å². The smallest absolute Gasteiger partial charge is 0.271 e. The van der Waals surface area contributed by atoms with Crippen molar-refractivity contribution in [2.24, 2.45) is 0 Å². The van der Waals surface area contributed by atoms with Gasteiger partial charge >= 0.3 is 0 Å². The van der Waals surface area contributed by atoms with E-state index in [1.54, 1.807) is 24.3 Å². The molecule has 0 saturated carbocycles. The number of ether oxygens (including phenoxy) is 1. The zero-order valence-corrected chi connectivity index (χ0v) is 17.8. The number of halogens is 1. The molecule has 8 heteroatoms. The van der Waals surface area contributed by atoms with Crippen LogP contribution in [0.2, 0.25) is 5.02 Å². The lowest BCUT2D eigenvalue weighted by Gasteiger charge is -2.09. The van der Waals surface area contributed by atoms with Gasteiger partial charge in [-0.05, 0) is 47.9 Å².